The zero-order valence-corrected chi connectivity index (χ0v) is 21.1. The molecule has 4 rings (SSSR count). The van der Waals surface area contributed by atoms with Crippen molar-refractivity contribution in [2.45, 2.75) is 12.5 Å². The van der Waals surface area contributed by atoms with E-state index in [0.717, 1.165) is 16.6 Å². The van der Waals surface area contributed by atoms with Gasteiger partial charge in [0.2, 0.25) is 5.91 Å². The van der Waals surface area contributed by atoms with Crippen molar-refractivity contribution < 1.29 is 14.3 Å². The number of nitrogens with zero attached hydrogens (tertiary/aromatic N) is 3. The van der Waals surface area contributed by atoms with Gasteiger partial charge in [-0.15, -0.1) is 0 Å². The third-order valence-electron chi connectivity index (χ3n) is 5.36. The Morgan fingerprint density at radius 2 is 2.23 bits per heavy atom. The third kappa shape index (κ3) is 6.36. The largest absolute Gasteiger partial charge is 0.486 e. The van der Waals surface area contributed by atoms with Gasteiger partial charge in [0, 0.05) is 46.9 Å². The molecular formula is C26H26BrN5O3. The summed E-state index contributed by atoms with van der Waals surface area (Å²) in [6.45, 7) is 1.77. The first-order valence-corrected chi connectivity index (χ1v) is 12.0. The number of carbonyl (C=O) groups is 1. The fourth-order valence-electron chi connectivity index (χ4n) is 3.68. The van der Waals surface area contributed by atoms with Crippen LogP contribution >= 0.6 is 15.9 Å². The maximum Gasteiger partial charge on any atom is 0.248 e. The monoisotopic (exact) mass is 535 g/mol. The van der Waals surface area contributed by atoms with Gasteiger partial charge in [-0.25, -0.2) is 0 Å². The lowest BCUT2D eigenvalue weighted by molar-refractivity contribution is -0.111. The zero-order chi connectivity index (χ0) is 24.8. The van der Waals surface area contributed by atoms with Crippen molar-refractivity contribution in [2.75, 3.05) is 44.5 Å². The lowest BCUT2D eigenvalue weighted by Gasteiger charge is -2.18. The number of ether oxygens (including phenoxy) is 2. The third-order valence-corrected chi connectivity index (χ3v) is 5.86. The van der Waals surface area contributed by atoms with Crippen molar-refractivity contribution in [2.24, 2.45) is 0 Å². The smallest absolute Gasteiger partial charge is 0.248 e. The van der Waals surface area contributed by atoms with Crippen LogP contribution in [-0.4, -0.2) is 55.7 Å². The van der Waals surface area contributed by atoms with E-state index in [1.165, 1.54) is 12.3 Å². The van der Waals surface area contributed by atoms with Crippen molar-refractivity contribution in [1.29, 1.82) is 5.26 Å². The van der Waals surface area contributed by atoms with Gasteiger partial charge in [-0.05, 0) is 38.4 Å². The molecule has 8 nitrogen and oxygen atoms in total. The number of nitrogens with one attached hydrogen (secondary N) is 2. The van der Waals surface area contributed by atoms with Crippen LogP contribution in [0.4, 0.5) is 17.1 Å². The molecule has 2 heterocycles. The molecule has 1 fully saturated rings. The molecule has 9 heteroatoms. The number of hydrogen-bond acceptors (Lipinski definition) is 7. The Hall–Kier alpha value is -3.45. The van der Waals surface area contributed by atoms with Crippen LogP contribution in [0.3, 0.4) is 0 Å². The standard InChI is InChI=1S/C26H26BrN5O3/c1-32(2)9-4-7-25(33)31-23-12-21-22(13-24(23)35-20-8-10-34-16-20)29-15-17(14-28)26(21)30-19-6-3-5-18(27)11-19/h3-7,11-13,15,20H,8-10,16H2,1-2H3,(H,29,30)(H,31,33)/b7-4+/t20-/m0/s1. The van der Waals surface area contributed by atoms with Gasteiger partial charge < -0.3 is 25.0 Å². The van der Waals surface area contributed by atoms with E-state index in [0.29, 0.717) is 53.3 Å². The van der Waals surface area contributed by atoms with E-state index < -0.39 is 0 Å². The number of nitriles is 1. The SMILES string of the molecule is CN(C)C/C=C/C(=O)Nc1cc2c(Nc3cccc(Br)c3)c(C#N)cnc2cc1O[C@H]1CCOC1. The molecule has 0 radical (unpaired) electrons. The van der Waals surface area contributed by atoms with Crippen LogP contribution in [0.5, 0.6) is 5.75 Å². The molecule has 1 aliphatic heterocycles. The van der Waals surface area contributed by atoms with E-state index in [1.807, 2.05) is 43.3 Å². The van der Waals surface area contributed by atoms with E-state index in [4.69, 9.17) is 9.47 Å². The molecule has 3 aromatic rings. The van der Waals surface area contributed by atoms with Gasteiger partial charge in [-0.2, -0.15) is 5.26 Å². The number of carbonyl (C=O) groups excluding carboxylic acids is 1. The Labute approximate surface area is 212 Å². The number of benzene rings is 2. The number of rotatable bonds is 8. The van der Waals surface area contributed by atoms with Crippen molar-refractivity contribution >= 4 is 49.8 Å². The average Bonchev–Trinajstić information content (AvgIpc) is 3.33. The van der Waals surface area contributed by atoms with Gasteiger partial charge in [0.1, 0.15) is 17.9 Å². The summed E-state index contributed by atoms with van der Waals surface area (Å²) < 4.78 is 12.5. The molecule has 2 N–H and O–H groups in total. The van der Waals surface area contributed by atoms with Gasteiger partial charge in [0.15, 0.2) is 0 Å². The van der Waals surface area contributed by atoms with Gasteiger partial charge in [-0.3, -0.25) is 9.78 Å². The summed E-state index contributed by atoms with van der Waals surface area (Å²) in [6, 6.07) is 13.5. The topological polar surface area (TPSA) is 99.5 Å². The number of halogens is 1. The molecule has 35 heavy (non-hydrogen) atoms. The molecule has 1 atom stereocenters. The van der Waals surface area contributed by atoms with Crippen LogP contribution in [0.1, 0.15) is 12.0 Å². The summed E-state index contributed by atoms with van der Waals surface area (Å²) in [4.78, 5) is 19.1. The molecule has 0 unspecified atom stereocenters. The van der Waals surface area contributed by atoms with Crippen LogP contribution in [0.25, 0.3) is 10.9 Å². The van der Waals surface area contributed by atoms with Crippen molar-refractivity contribution in [3.8, 4) is 11.8 Å². The molecular weight excluding hydrogens is 510 g/mol. The summed E-state index contributed by atoms with van der Waals surface area (Å²) in [5, 5.41) is 16.7. The summed E-state index contributed by atoms with van der Waals surface area (Å²) >= 11 is 3.48. The average molecular weight is 536 g/mol. The van der Waals surface area contributed by atoms with E-state index in [9.17, 15) is 10.1 Å². The fraction of sp³-hybridized carbons (Fsp3) is 0.269. The highest BCUT2D eigenvalue weighted by Crippen LogP contribution is 2.37. The lowest BCUT2D eigenvalue weighted by atomic mass is 10.1. The molecule has 1 aromatic heterocycles. The van der Waals surface area contributed by atoms with Crippen LogP contribution in [0.15, 0.2) is 59.2 Å². The number of fused-ring (bicyclic) bond motifs is 1. The second kappa shape index (κ2) is 11.3. The van der Waals surface area contributed by atoms with Crippen molar-refractivity contribution in [1.82, 2.24) is 9.88 Å². The van der Waals surface area contributed by atoms with E-state index in [2.05, 4.69) is 37.6 Å². The number of anilines is 3. The molecule has 0 bridgehead atoms. The highest BCUT2D eigenvalue weighted by atomic mass is 79.9. The Morgan fingerprint density at radius 1 is 1.37 bits per heavy atom. The second-order valence-corrected chi connectivity index (χ2v) is 9.33. The van der Waals surface area contributed by atoms with Gasteiger partial charge >= 0.3 is 0 Å². The first kappa shape index (κ1) is 24.7. The highest BCUT2D eigenvalue weighted by molar-refractivity contribution is 9.10. The zero-order valence-electron chi connectivity index (χ0n) is 19.5. The van der Waals surface area contributed by atoms with Crippen LogP contribution < -0.4 is 15.4 Å². The number of pyridine rings is 1. The highest BCUT2D eigenvalue weighted by Gasteiger charge is 2.21. The number of amides is 1. The minimum absolute atomic E-state index is 0.106. The molecule has 0 saturated carbocycles. The molecule has 0 spiro atoms. The van der Waals surface area contributed by atoms with Gasteiger partial charge in [0.05, 0.1) is 35.7 Å². The first-order chi connectivity index (χ1) is 16.9. The Morgan fingerprint density at radius 3 is 2.94 bits per heavy atom. The summed E-state index contributed by atoms with van der Waals surface area (Å²) in [5.41, 5.74) is 2.93. The van der Waals surface area contributed by atoms with E-state index in [-0.39, 0.29) is 12.0 Å². The maximum atomic E-state index is 12.7. The summed E-state index contributed by atoms with van der Waals surface area (Å²) in [5.74, 6) is 0.234. The van der Waals surface area contributed by atoms with Crippen LogP contribution in [0.2, 0.25) is 0 Å². The lowest BCUT2D eigenvalue weighted by Crippen LogP contribution is -2.18. The number of hydrogen-bond donors (Lipinski definition) is 2. The molecule has 1 aliphatic rings. The molecule has 1 amide bonds. The second-order valence-electron chi connectivity index (χ2n) is 8.42. The van der Waals surface area contributed by atoms with Crippen LogP contribution in [0, 0.1) is 11.3 Å². The maximum absolute atomic E-state index is 12.7. The van der Waals surface area contributed by atoms with Gasteiger partial charge in [0.25, 0.3) is 0 Å². The Bertz CT molecular complexity index is 1300. The number of aromatic nitrogens is 1. The summed E-state index contributed by atoms with van der Waals surface area (Å²) in [6.07, 6.45) is 5.48. The minimum Gasteiger partial charge on any atom is -0.486 e. The quantitative estimate of drug-likeness (QED) is 0.398. The summed E-state index contributed by atoms with van der Waals surface area (Å²) in [7, 11) is 3.86. The van der Waals surface area contributed by atoms with E-state index >= 15 is 0 Å². The fourth-order valence-corrected chi connectivity index (χ4v) is 4.07. The molecule has 0 aliphatic carbocycles. The molecule has 1 saturated heterocycles. The Balaban J connectivity index is 1.76. The van der Waals surface area contributed by atoms with Crippen molar-refractivity contribution in [3.63, 3.8) is 0 Å². The first-order valence-electron chi connectivity index (χ1n) is 11.2. The van der Waals surface area contributed by atoms with Crippen LogP contribution in [-0.2, 0) is 9.53 Å². The van der Waals surface area contributed by atoms with Gasteiger partial charge in [-0.1, -0.05) is 28.1 Å². The molecule has 180 valence electrons. The predicted octanol–water partition coefficient (Wildman–Crippen LogP) is 4.84. The molecule has 2 aromatic carbocycles. The predicted molar refractivity (Wildman–Crippen MR) is 140 cm³/mol. The van der Waals surface area contributed by atoms with Crippen molar-refractivity contribution in [3.05, 3.63) is 64.8 Å². The number of likely N-dealkylation sites (N-methyl/N-ethyl adjacent to an activating group) is 1. The Kier molecular flexibility index (Phi) is 7.98. The normalized spacial score (nSPS) is 15.5. The van der Waals surface area contributed by atoms with E-state index in [1.54, 1.807) is 18.2 Å². The minimum atomic E-state index is -0.274.